The number of nitro groups is 1. The van der Waals surface area contributed by atoms with Crippen molar-refractivity contribution in [3.05, 3.63) is 69.8 Å². The Labute approximate surface area is 173 Å². The molecule has 0 bridgehead atoms. The summed E-state index contributed by atoms with van der Waals surface area (Å²) in [7, 11) is 0. The number of hydrogen-bond donors (Lipinski definition) is 0. The molecule has 9 heteroatoms. The zero-order chi connectivity index (χ0) is 21.8. The number of benzene rings is 2. The topological polar surface area (TPSA) is 75.9 Å². The minimum Gasteiger partial charge on any atom is -0.481 e. The van der Waals surface area contributed by atoms with E-state index in [2.05, 4.69) is 4.90 Å². The third-order valence-electron chi connectivity index (χ3n) is 5.21. The molecule has 1 fully saturated rings. The van der Waals surface area contributed by atoms with E-state index in [1.807, 2.05) is 13.8 Å². The van der Waals surface area contributed by atoms with E-state index < -0.39 is 10.7 Å². The molecule has 3 rings (SSSR count). The summed E-state index contributed by atoms with van der Waals surface area (Å²) in [5, 5.41) is 10.7. The Morgan fingerprint density at radius 2 is 1.83 bits per heavy atom. The lowest BCUT2D eigenvalue weighted by atomic mass is 10.1. The molecule has 2 atom stereocenters. The Balaban J connectivity index is 1.57. The highest BCUT2D eigenvalue weighted by atomic mass is 19.1. The van der Waals surface area contributed by atoms with E-state index in [0.29, 0.717) is 19.6 Å². The number of hydrogen-bond acceptors (Lipinski definition) is 5. The van der Waals surface area contributed by atoms with Gasteiger partial charge in [-0.05, 0) is 37.6 Å². The molecule has 1 aliphatic heterocycles. The van der Waals surface area contributed by atoms with Gasteiger partial charge in [0.25, 0.3) is 11.6 Å². The molecule has 1 heterocycles. The summed E-state index contributed by atoms with van der Waals surface area (Å²) >= 11 is 0. The Hall–Kier alpha value is -3.07. The van der Waals surface area contributed by atoms with Gasteiger partial charge < -0.3 is 9.64 Å². The first kappa shape index (κ1) is 21.6. The van der Waals surface area contributed by atoms with Crippen LogP contribution in [0.3, 0.4) is 0 Å². The molecule has 0 unspecified atom stereocenters. The second-order valence-corrected chi connectivity index (χ2v) is 7.46. The number of nitro benzene ring substituents is 1. The van der Waals surface area contributed by atoms with Crippen LogP contribution in [0.5, 0.6) is 5.75 Å². The van der Waals surface area contributed by atoms with Crippen LogP contribution in [0.2, 0.25) is 0 Å². The molecule has 0 spiro atoms. The molecular weight excluding hydrogens is 396 g/mol. The van der Waals surface area contributed by atoms with Gasteiger partial charge >= 0.3 is 0 Å². The molecule has 30 heavy (non-hydrogen) atoms. The van der Waals surface area contributed by atoms with Gasteiger partial charge in [0.05, 0.1) is 11.0 Å². The smallest absolute Gasteiger partial charge is 0.272 e. The van der Waals surface area contributed by atoms with Crippen LogP contribution in [0.1, 0.15) is 19.4 Å². The highest BCUT2D eigenvalue weighted by Crippen LogP contribution is 2.23. The largest absolute Gasteiger partial charge is 0.481 e. The fourth-order valence-electron chi connectivity index (χ4n) is 3.53. The molecule has 0 radical (unpaired) electrons. The Morgan fingerprint density at radius 1 is 1.13 bits per heavy atom. The second-order valence-electron chi connectivity index (χ2n) is 7.46. The number of non-ortho nitro benzene ring substituents is 1. The van der Waals surface area contributed by atoms with Crippen molar-refractivity contribution in [3.8, 4) is 5.75 Å². The van der Waals surface area contributed by atoms with E-state index in [0.717, 1.165) is 23.8 Å². The van der Waals surface area contributed by atoms with Gasteiger partial charge in [-0.25, -0.2) is 8.78 Å². The summed E-state index contributed by atoms with van der Waals surface area (Å²) in [5.74, 6) is -1.65. The molecule has 2 aromatic rings. The fraction of sp³-hybridized carbons (Fsp3) is 0.381. The van der Waals surface area contributed by atoms with Crippen LogP contribution in [0.15, 0.2) is 42.5 Å². The van der Waals surface area contributed by atoms with Crippen molar-refractivity contribution in [1.29, 1.82) is 0 Å². The van der Waals surface area contributed by atoms with E-state index in [1.54, 1.807) is 17.0 Å². The number of carbonyl (C=O) groups excluding carboxylic acids is 1. The Morgan fingerprint density at radius 3 is 2.47 bits per heavy atom. The van der Waals surface area contributed by atoms with Gasteiger partial charge in [-0.15, -0.1) is 0 Å². The van der Waals surface area contributed by atoms with E-state index in [1.165, 1.54) is 12.1 Å². The van der Waals surface area contributed by atoms with E-state index in [4.69, 9.17) is 4.74 Å². The summed E-state index contributed by atoms with van der Waals surface area (Å²) in [4.78, 5) is 26.5. The van der Waals surface area contributed by atoms with E-state index in [9.17, 15) is 23.7 Å². The van der Waals surface area contributed by atoms with Gasteiger partial charge in [0.1, 0.15) is 5.82 Å². The lowest BCUT2D eigenvalue weighted by Gasteiger charge is -2.44. The van der Waals surface area contributed by atoms with E-state index >= 15 is 0 Å². The first-order valence-corrected chi connectivity index (χ1v) is 9.59. The molecule has 1 saturated heterocycles. The number of carbonyl (C=O) groups is 1. The zero-order valence-electron chi connectivity index (χ0n) is 16.8. The molecule has 0 saturated carbocycles. The summed E-state index contributed by atoms with van der Waals surface area (Å²) in [5.41, 5.74) is 0.609. The zero-order valence-corrected chi connectivity index (χ0v) is 16.8. The van der Waals surface area contributed by atoms with Crippen LogP contribution >= 0.6 is 0 Å². The maximum absolute atomic E-state index is 13.9. The number of nitrogens with zero attached hydrogens (tertiary/aromatic N) is 3. The van der Waals surface area contributed by atoms with Crippen molar-refractivity contribution in [2.75, 3.05) is 19.7 Å². The van der Waals surface area contributed by atoms with Crippen molar-refractivity contribution in [1.82, 2.24) is 9.80 Å². The van der Waals surface area contributed by atoms with Gasteiger partial charge in [0, 0.05) is 37.8 Å². The summed E-state index contributed by atoms with van der Waals surface area (Å²) in [6.07, 6.45) is 0. The molecule has 0 N–H and O–H groups in total. The van der Waals surface area contributed by atoms with Gasteiger partial charge in [-0.3, -0.25) is 19.8 Å². The Kier molecular flexibility index (Phi) is 6.61. The maximum Gasteiger partial charge on any atom is 0.272 e. The van der Waals surface area contributed by atoms with Crippen LogP contribution in [-0.2, 0) is 11.3 Å². The van der Waals surface area contributed by atoms with Gasteiger partial charge in [-0.2, -0.15) is 0 Å². The van der Waals surface area contributed by atoms with Crippen molar-refractivity contribution < 1.29 is 23.2 Å². The standard InChI is InChI=1S/C21H23F2N3O4/c1-14-11-25(15(2)10-24(14)12-16-3-5-17(22)6-4-16)21(27)13-30-20-8-7-18(26(28)29)9-19(20)23/h3-9,14-15H,10-13H2,1-2H3/t14-,15+/m1/s1. The highest BCUT2D eigenvalue weighted by molar-refractivity contribution is 5.78. The monoisotopic (exact) mass is 419 g/mol. The van der Waals surface area contributed by atoms with Crippen LogP contribution in [-0.4, -0.2) is 52.4 Å². The van der Waals surface area contributed by atoms with Gasteiger partial charge in [0.15, 0.2) is 18.2 Å². The SMILES string of the molecule is C[C@@H]1CN(C(=O)COc2ccc([N+](=O)[O-])cc2F)[C@@H](C)CN1Cc1ccc(F)cc1. The summed E-state index contributed by atoms with van der Waals surface area (Å²) in [6, 6.07) is 9.38. The summed E-state index contributed by atoms with van der Waals surface area (Å²) in [6.45, 7) is 5.34. The third kappa shape index (κ3) is 5.10. The van der Waals surface area contributed by atoms with Crippen LogP contribution in [0.25, 0.3) is 0 Å². The van der Waals surface area contributed by atoms with Crippen LogP contribution < -0.4 is 4.74 Å². The molecule has 0 aromatic heterocycles. The predicted octanol–water partition coefficient (Wildman–Crippen LogP) is 3.37. The van der Waals surface area contributed by atoms with Crippen LogP contribution in [0.4, 0.5) is 14.5 Å². The van der Waals surface area contributed by atoms with E-state index in [-0.39, 0.29) is 41.9 Å². The predicted molar refractivity (Wildman–Crippen MR) is 106 cm³/mol. The summed E-state index contributed by atoms with van der Waals surface area (Å²) < 4.78 is 32.3. The van der Waals surface area contributed by atoms with Crippen molar-refractivity contribution >= 4 is 11.6 Å². The number of halogens is 2. The molecule has 160 valence electrons. The average molecular weight is 419 g/mol. The van der Waals surface area contributed by atoms with Gasteiger partial charge in [0.2, 0.25) is 0 Å². The lowest BCUT2D eigenvalue weighted by Crippen LogP contribution is -2.58. The van der Waals surface area contributed by atoms with Crippen molar-refractivity contribution in [3.63, 3.8) is 0 Å². The Bertz CT molecular complexity index is 923. The van der Waals surface area contributed by atoms with Crippen molar-refractivity contribution in [2.24, 2.45) is 0 Å². The lowest BCUT2D eigenvalue weighted by molar-refractivity contribution is -0.385. The molecule has 1 aliphatic rings. The fourth-order valence-corrected chi connectivity index (χ4v) is 3.53. The first-order chi connectivity index (χ1) is 14.2. The second kappa shape index (κ2) is 9.17. The minimum absolute atomic E-state index is 0.0753. The number of amides is 1. The average Bonchev–Trinajstić information content (AvgIpc) is 2.70. The number of piperazine rings is 1. The van der Waals surface area contributed by atoms with Crippen molar-refractivity contribution in [2.45, 2.75) is 32.5 Å². The van der Waals surface area contributed by atoms with Crippen LogP contribution in [0, 0.1) is 21.7 Å². The molecule has 0 aliphatic carbocycles. The highest BCUT2D eigenvalue weighted by Gasteiger charge is 2.32. The minimum atomic E-state index is -0.887. The number of ether oxygens (including phenoxy) is 1. The quantitative estimate of drug-likeness (QED) is 0.530. The van der Waals surface area contributed by atoms with Gasteiger partial charge in [-0.1, -0.05) is 12.1 Å². The molecule has 7 nitrogen and oxygen atoms in total. The molecular formula is C21H23F2N3O4. The molecule has 1 amide bonds. The number of rotatable bonds is 6. The first-order valence-electron chi connectivity index (χ1n) is 9.59. The normalized spacial score (nSPS) is 19.5. The third-order valence-corrected chi connectivity index (χ3v) is 5.21. The maximum atomic E-state index is 13.9. The molecule has 2 aromatic carbocycles.